The van der Waals surface area contributed by atoms with Crippen LogP contribution in [0.3, 0.4) is 0 Å². The molecule has 4 heteroatoms. The maximum Gasteiger partial charge on any atom is 0.335 e. The van der Waals surface area contributed by atoms with Crippen LogP contribution in [0.5, 0.6) is 0 Å². The Morgan fingerprint density at radius 2 is 1.42 bits per heavy atom. The summed E-state index contributed by atoms with van der Waals surface area (Å²) in [6.07, 6.45) is -1.23. The predicted octanol–water partition coefficient (Wildman–Crippen LogP) is -0.0185. The molecule has 0 aromatic rings. The molecule has 0 amide bonds. The second-order valence-corrected chi connectivity index (χ2v) is 2.44. The monoisotopic (exact) mass is 166 g/mol. The largest absolute Gasteiger partial charge is 0.479 e. The molecule has 0 saturated heterocycles. The highest BCUT2D eigenvalue weighted by atomic mass is 16.4. The molecule has 0 heterocycles. The Hall–Kier alpha value is -1.39. The smallest absolute Gasteiger partial charge is 0.335 e. The third-order valence-corrected chi connectivity index (χ3v) is 1.50. The number of nitrogens with two attached hydrogens (primary N) is 2. The van der Waals surface area contributed by atoms with Gasteiger partial charge in [0.15, 0.2) is 6.17 Å². The highest BCUT2D eigenvalue weighted by Crippen LogP contribution is 2.29. The fourth-order valence-corrected chi connectivity index (χ4v) is 0.663. The van der Waals surface area contributed by atoms with Crippen molar-refractivity contribution in [3.63, 3.8) is 0 Å². The maximum absolute atomic E-state index is 9.45. The van der Waals surface area contributed by atoms with Gasteiger partial charge in [-0.2, -0.15) is 0 Å². The van der Waals surface area contributed by atoms with Crippen molar-refractivity contribution in [3.8, 4) is 11.1 Å². The van der Waals surface area contributed by atoms with E-state index in [-0.39, 0.29) is 0 Å². The summed E-state index contributed by atoms with van der Waals surface area (Å²) in [5.74, 6) is -1.19. The maximum atomic E-state index is 9.45. The zero-order chi connectivity index (χ0) is 9.14. The molecule has 5 N–H and O–H groups in total. The van der Waals surface area contributed by atoms with Crippen molar-refractivity contribution in [2.75, 3.05) is 0 Å². The molecule has 0 aliphatic heterocycles. The van der Waals surface area contributed by atoms with Gasteiger partial charge in [-0.1, -0.05) is 24.3 Å². The first kappa shape index (κ1) is 8.70. The van der Waals surface area contributed by atoms with Gasteiger partial charge in [0.05, 0.1) is 0 Å². The Morgan fingerprint density at radius 3 is 1.42 bits per heavy atom. The summed E-state index contributed by atoms with van der Waals surface area (Å²) >= 11 is 0. The van der Waals surface area contributed by atoms with E-state index in [0.29, 0.717) is 0 Å². The molecule has 64 valence electrons. The van der Waals surface area contributed by atoms with Crippen LogP contribution in [0.2, 0.25) is 0 Å². The molecule has 0 saturated carbocycles. The molecule has 0 unspecified atom stereocenters. The van der Waals surface area contributed by atoms with Crippen molar-refractivity contribution in [2.24, 2.45) is 11.5 Å². The van der Waals surface area contributed by atoms with Crippen molar-refractivity contribution in [1.29, 1.82) is 0 Å². The van der Waals surface area contributed by atoms with E-state index in [1.54, 1.807) is 0 Å². The zero-order valence-electron chi connectivity index (χ0n) is 6.40. The van der Waals surface area contributed by atoms with Crippen LogP contribution in [-0.2, 0) is 4.79 Å². The number of carbonyl (C=O) groups is 1. The molecular weight excluding hydrogens is 156 g/mol. The molecule has 0 fully saturated rings. The summed E-state index contributed by atoms with van der Waals surface area (Å²) in [5.41, 5.74) is 12.1. The van der Waals surface area contributed by atoms with Gasteiger partial charge >= 0.3 is 5.97 Å². The van der Waals surface area contributed by atoms with E-state index >= 15 is 0 Å². The molecule has 0 atom stereocenters. The van der Waals surface area contributed by atoms with Crippen molar-refractivity contribution in [2.45, 2.75) is 6.17 Å². The van der Waals surface area contributed by atoms with Crippen molar-refractivity contribution in [1.82, 2.24) is 0 Å². The molecule has 2 aliphatic rings. The Balaban J connectivity index is 0.000000120. The number of aliphatic carboxylic acids is 1. The molecule has 0 aromatic heterocycles. The number of rotatable bonds is 1. The van der Waals surface area contributed by atoms with E-state index in [9.17, 15) is 4.79 Å². The minimum absolute atomic E-state index is 1.19. The standard InChI is InChI=1S/C6H4.C2H6N2O2/c1-2-6-4-3-5(1)6;3-1(4)2(5)6/h1-4H;1H,3-4H2,(H,5,6). The van der Waals surface area contributed by atoms with E-state index in [0.717, 1.165) is 0 Å². The fourth-order valence-electron chi connectivity index (χ4n) is 0.663. The summed E-state index contributed by atoms with van der Waals surface area (Å²) < 4.78 is 0. The van der Waals surface area contributed by atoms with Crippen LogP contribution in [0.1, 0.15) is 0 Å². The van der Waals surface area contributed by atoms with Gasteiger partial charge in [0.2, 0.25) is 0 Å². The van der Waals surface area contributed by atoms with Crippen LogP contribution < -0.4 is 11.5 Å². The number of benzene rings is 1. The lowest BCUT2D eigenvalue weighted by atomic mass is 9.95. The van der Waals surface area contributed by atoms with E-state index in [2.05, 4.69) is 35.7 Å². The average molecular weight is 166 g/mol. The highest BCUT2D eigenvalue weighted by Gasteiger charge is 2.04. The normalized spacial score (nSPS) is 10.2. The van der Waals surface area contributed by atoms with Crippen LogP contribution in [0.15, 0.2) is 24.3 Å². The topological polar surface area (TPSA) is 89.3 Å². The Kier molecular flexibility index (Phi) is 2.42. The summed E-state index contributed by atoms with van der Waals surface area (Å²) in [6, 6.07) is 8.48. The number of hydrogen-bond donors (Lipinski definition) is 3. The van der Waals surface area contributed by atoms with Gasteiger partial charge in [-0.25, -0.2) is 4.79 Å². The quantitative estimate of drug-likeness (QED) is 0.519. The van der Waals surface area contributed by atoms with Crippen LogP contribution in [0.25, 0.3) is 11.1 Å². The molecular formula is C8H10N2O2. The number of hydrogen-bond acceptors (Lipinski definition) is 3. The Morgan fingerprint density at radius 1 is 1.17 bits per heavy atom. The lowest BCUT2D eigenvalue weighted by Crippen LogP contribution is -2.38. The second-order valence-electron chi connectivity index (χ2n) is 2.44. The van der Waals surface area contributed by atoms with Gasteiger partial charge < -0.3 is 16.6 Å². The van der Waals surface area contributed by atoms with Crippen LogP contribution in [-0.4, -0.2) is 17.2 Å². The fraction of sp³-hybridized carbons (Fsp3) is 0.125. The first-order chi connectivity index (χ1) is 5.61. The molecule has 2 rings (SSSR count). The average Bonchev–Trinajstić information content (AvgIpc) is 1.97. The first-order valence-corrected chi connectivity index (χ1v) is 3.45. The van der Waals surface area contributed by atoms with Crippen molar-refractivity contribution < 1.29 is 9.90 Å². The summed E-state index contributed by atoms with van der Waals surface area (Å²) in [7, 11) is 0. The van der Waals surface area contributed by atoms with Gasteiger partial charge in [-0.15, -0.1) is 0 Å². The minimum Gasteiger partial charge on any atom is -0.479 e. The van der Waals surface area contributed by atoms with Gasteiger partial charge in [0.1, 0.15) is 0 Å². The van der Waals surface area contributed by atoms with Gasteiger partial charge in [-0.05, 0) is 11.1 Å². The summed E-state index contributed by atoms with van der Waals surface area (Å²) in [5, 5.41) is 7.74. The van der Waals surface area contributed by atoms with Crippen LogP contribution in [0, 0.1) is 0 Å². The van der Waals surface area contributed by atoms with Crippen LogP contribution in [0.4, 0.5) is 0 Å². The van der Waals surface area contributed by atoms with E-state index < -0.39 is 12.1 Å². The minimum atomic E-state index is -1.23. The summed E-state index contributed by atoms with van der Waals surface area (Å²) in [4.78, 5) is 9.45. The van der Waals surface area contributed by atoms with Crippen molar-refractivity contribution >= 4 is 5.97 Å². The number of carboxylic acid groups (broad SMARTS) is 1. The predicted molar refractivity (Wildman–Crippen MR) is 45.2 cm³/mol. The summed E-state index contributed by atoms with van der Waals surface area (Å²) in [6.45, 7) is 0. The van der Waals surface area contributed by atoms with Gasteiger partial charge in [0.25, 0.3) is 0 Å². The second kappa shape index (κ2) is 3.34. The molecule has 0 radical (unpaired) electrons. The Bertz CT molecular complexity index is 259. The van der Waals surface area contributed by atoms with E-state index in [1.807, 2.05) is 0 Å². The molecule has 4 nitrogen and oxygen atoms in total. The molecule has 2 aliphatic carbocycles. The molecule has 0 bridgehead atoms. The third-order valence-electron chi connectivity index (χ3n) is 1.50. The zero-order valence-corrected chi connectivity index (χ0v) is 6.40. The van der Waals surface area contributed by atoms with Crippen LogP contribution >= 0.6 is 0 Å². The lowest BCUT2D eigenvalue weighted by molar-refractivity contribution is -0.138. The van der Waals surface area contributed by atoms with E-state index in [1.165, 1.54) is 11.1 Å². The molecule has 0 spiro atoms. The Labute approximate surface area is 69.8 Å². The van der Waals surface area contributed by atoms with Gasteiger partial charge in [-0.3, -0.25) is 0 Å². The lowest BCUT2D eigenvalue weighted by Gasteiger charge is -2.10. The SMILES string of the molecule is NC(N)C(=O)O.c1cc2ccc1-2. The number of carboxylic acids is 1. The van der Waals surface area contributed by atoms with E-state index in [4.69, 9.17) is 5.11 Å². The number of fused-ring (bicyclic) bond motifs is 1. The molecule has 0 aromatic carbocycles. The highest BCUT2D eigenvalue weighted by molar-refractivity contribution is 5.75. The first-order valence-electron chi connectivity index (χ1n) is 3.45. The van der Waals surface area contributed by atoms with Gasteiger partial charge in [0, 0.05) is 0 Å². The third kappa shape index (κ3) is 1.81. The van der Waals surface area contributed by atoms with Crippen molar-refractivity contribution in [3.05, 3.63) is 24.3 Å². The molecule has 12 heavy (non-hydrogen) atoms.